The first-order chi connectivity index (χ1) is 14.1. The molecule has 7 rings (SSSR count). The first-order valence-electron chi connectivity index (χ1n) is 10.4. The molecule has 2 N–H and O–H groups in total. The number of ether oxygens (including phenoxy) is 2. The Kier molecular flexibility index (Phi) is 3.59. The summed E-state index contributed by atoms with van der Waals surface area (Å²) in [6, 6.07) is 10.2. The number of nitrogens with zero attached hydrogens (tertiary/aromatic N) is 2. The minimum absolute atomic E-state index is 0.00273. The van der Waals surface area contributed by atoms with Crippen LogP contribution in [0, 0.1) is 5.92 Å². The second-order valence-corrected chi connectivity index (χ2v) is 9.14. The molecule has 5 heterocycles. The topological polar surface area (TPSA) is 85.6 Å². The van der Waals surface area contributed by atoms with Crippen molar-refractivity contribution in [2.24, 2.45) is 5.92 Å². The molecule has 1 saturated carbocycles. The molecule has 4 aliphatic heterocycles. The molecular weight excluding hydrogens is 370 g/mol. The zero-order chi connectivity index (χ0) is 19.7. The van der Waals surface area contributed by atoms with Gasteiger partial charge in [0, 0.05) is 49.2 Å². The molecular formula is C22H25N3O4. The fourth-order valence-electron chi connectivity index (χ4n) is 5.77. The maximum Gasteiger partial charge on any atom is 0.224 e. The lowest BCUT2D eigenvalue weighted by Gasteiger charge is -2.51. The van der Waals surface area contributed by atoms with Crippen molar-refractivity contribution in [1.82, 2.24) is 14.9 Å². The molecule has 2 bridgehead atoms. The molecule has 1 aliphatic carbocycles. The number of fused-ring (bicyclic) bond motifs is 1. The van der Waals surface area contributed by atoms with Crippen molar-refractivity contribution in [2.75, 3.05) is 19.8 Å². The third-order valence-electron chi connectivity index (χ3n) is 7.35. The lowest BCUT2D eigenvalue weighted by Crippen LogP contribution is -2.72. The predicted octanol–water partition coefficient (Wildman–Crippen LogP) is 1.29. The molecule has 29 heavy (non-hydrogen) atoms. The molecule has 2 aromatic rings. The van der Waals surface area contributed by atoms with Gasteiger partial charge in [0.1, 0.15) is 11.4 Å². The van der Waals surface area contributed by atoms with Gasteiger partial charge < -0.3 is 24.5 Å². The minimum Gasteiger partial charge on any atom is -0.393 e. The summed E-state index contributed by atoms with van der Waals surface area (Å²) in [5.74, 6) is 0.988. The lowest BCUT2D eigenvalue weighted by molar-refractivity contribution is -0.212. The molecule has 3 saturated heterocycles. The number of imidazole rings is 1. The number of hydrogen-bond acceptors (Lipinski definition) is 5. The zero-order valence-corrected chi connectivity index (χ0v) is 16.3. The van der Waals surface area contributed by atoms with Crippen molar-refractivity contribution >= 4 is 5.91 Å². The fourth-order valence-corrected chi connectivity index (χ4v) is 5.77. The Morgan fingerprint density at radius 1 is 1.28 bits per heavy atom. The van der Waals surface area contributed by atoms with Gasteiger partial charge in [0.05, 0.1) is 31.0 Å². The molecule has 7 heteroatoms. The number of aromatic nitrogens is 2. The van der Waals surface area contributed by atoms with Crippen molar-refractivity contribution in [3.8, 4) is 11.4 Å². The summed E-state index contributed by atoms with van der Waals surface area (Å²) in [4.78, 5) is 17.8. The zero-order valence-electron chi connectivity index (χ0n) is 16.3. The maximum absolute atomic E-state index is 13.2. The first-order valence-corrected chi connectivity index (χ1v) is 10.4. The van der Waals surface area contributed by atoms with Gasteiger partial charge in [-0.3, -0.25) is 4.79 Å². The Hall–Kier alpha value is -2.22. The van der Waals surface area contributed by atoms with E-state index in [0.29, 0.717) is 32.5 Å². The van der Waals surface area contributed by atoms with Crippen LogP contribution < -0.4 is 5.32 Å². The maximum atomic E-state index is 13.2. The van der Waals surface area contributed by atoms with E-state index in [-0.39, 0.29) is 18.4 Å². The number of amides is 1. The van der Waals surface area contributed by atoms with Gasteiger partial charge in [-0.25, -0.2) is 4.98 Å². The number of benzene rings is 1. The van der Waals surface area contributed by atoms with Crippen molar-refractivity contribution in [3.63, 3.8) is 0 Å². The summed E-state index contributed by atoms with van der Waals surface area (Å²) in [5, 5.41) is 13.1. The van der Waals surface area contributed by atoms with Crippen LogP contribution in [0.2, 0.25) is 0 Å². The number of carbonyl (C=O) groups is 1. The molecule has 7 nitrogen and oxygen atoms in total. The van der Waals surface area contributed by atoms with E-state index in [9.17, 15) is 9.90 Å². The standard InChI is InChI=1S/C22H25N3O4/c26-12-20-10-21(11-20,22(29-20)13-28-14-22)24-19(27)16-6-7-25-17(8-16)9-23-18(25)15-4-2-1-3-5-15/h1-5,9,16,26H,6-8,10-14H2,(H,24,27). The number of rotatable bonds is 4. The average Bonchev–Trinajstić information content (AvgIpc) is 3.33. The SMILES string of the molecule is O=C(NC12CC(CO)(C1)OC21COC1)C1CCn2c(cnc2-c2ccccc2)C1. The molecule has 4 fully saturated rings. The van der Waals surface area contributed by atoms with E-state index in [1.807, 2.05) is 24.4 Å². The van der Waals surface area contributed by atoms with Gasteiger partial charge in [0.25, 0.3) is 0 Å². The largest absolute Gasteiger partial charge is 0.393 e. The number of aliphatic hydroxyl groups excluding tert-OH is 1. The Bertz CT molecular complexity index is 960. The van der Waals surface area contributed by atoms with Crippen molar-refractivity contribution in [1.29, 1.82) is 0 Å². The summed E-state index contributed by atoms with van der Waals surface area (Å²) in [6.45, 7) is 1.77. The highest BCUT2D eigenvalue weighted by atomic mass is 16.6. The van der Waals surface area contributed by atoms with Crippen LogP contribution in [0.5, 0.6) is 0 Å². The highest BCUT2D eigenvalue weighted by molar-refractivity contribution is 5.80. The van der Waals surface area contributed by atoms with E-state index in [0.717, 1.165) is 30.0 Å². The second kappa shape index (κ2) is 5.90. The van der Waals surface area contributed by atoms with Crippen LogP contribution in [0.15, 0.2) is 36.5 Å². The molecule has 5 aliphatic rings. The lowest BCUT2D eigenvalue weighted by atomic mass is 9.61. The third kappa shape index (κ3) is 2.35. The molecule has 1 aromatic heterocycles. The number of carbonyl (C=O) groups excluding carboxylic acids is 1. The highest BCUT2D eigenvalue weighted by Crippen LogP contribution is 2.62. The molecule has 1 unspecified atom stereocenters. The Morgan fingerprint density at radius 3 is 2.76 bits per heavy atom. The summed E-state index contributed by atoms with van der Waals surface area (Å²) >= 11 is 0. The van der Waals surface area contributed by atoms with Crippen LogP contribution in [0.1, 0.15) is 25.0 Å². The summed E-state index contributed by atoms with van der Waals surface area (Å²) in [7, 11) is 0. The second-order valence-electron chi connectivity index (χ2n) is 9.14. The van der Waals surface area contributed by atoms with E-state index in [4.69, 9.17) is 9.47 Å². The summed E-state index contributed by atoms with van der Waals surface area (Å²) in [6.07, 6.45) is 4.74. The van der Waals surface area contributed by atoms with Crippen molar-refractivity contribution < 1.29 is 19.4 Å². The average molecular weight is 395 g/mol. The molecule has 0 radical (unpaired) electrons. The van der Waals surface area contributed by atoms with Gasteiger partial charge >= 0.3 is 0 Å². The predicted molar refractivity (Wildman–Crippen MR) is 104 cm³/mol. The van der Waals surface area contributed by atoms with Gasteiger partial charge in [0.15, 0.2) is 0 Å². The van der Waals surface area contributed by atoms with Crippen LogP contribution >= 0.6 is 0 Å². The Labute approximate surface area is 169 Å². The van der Waals surface area contributed by atoms with E-state index < -0.39 is 16.7 Å². The third-order valence-corrected chi connectivity index (χ3v) is 7.35. The minimum atomic E-state index is -0.493. The van der Waals surface area contributed by atoms with Crippen molar-refractivity contribution in [3.05, 3.63) is 42.2 Å². The van der Waals surface area contributed by atoms with E-state index in [1.54, 1.807) is 0 Å². The van der Waals surface area contributed by atoms with Crippen LogP contribution in [-0.4, -0.2) is 57.1 Å². The quantitative estimate of drug-likeness (QED) is 0.815. The first kappa shape index (κ1) is 17.6. The van der Waals surface area contributed by atoms with Gasteiger partial charge in [-0.2, -0.15) is 0 Å². The number of aliphatic hydroxyl groups is 1. The van der Waals surface area contributed by atoms with Crippen LogP contribution in [0.4, 0.5) is 0 Å². The van der Waals surface area contributed by atoms with Crippen LogP contribution in [0.25, 0.3) is 11.4 Å². The van der Waals surface area contributed by atoms with Gasteiger partial charge in [-0.1, -0.05) is 30.3 Å². The van der Waals surface area contributed by atoms with Gasteiger partial charge in [-0.05, 0) is 6.42 Å². The normalized spacial score (nSPS) is 33.6. The van der Waals surface area contributed by atoms with E-state index in [1.165, 1.54) is 0 Å². The van der Waals surface area contributed by atoms with Gasteiger partial charge in [-0.15, -0.1) is 0 Å². The number of hydrogen-bond donors (Lipinski definition) is 2. The molecule has 1 aromatic carbocycles. The summed E-state index contributed by atoms with van der Waals surface area (Å²) < 4.78 is 13.8. The van der Waals surface area contributed by atoms with Crippen molar-refractivity contribution in [2.45, 2.75) is 49.0 Å². The monoisotopic (exact) mass is 395 g/mol. The van der Waals surface area contributed by atoms with Crippen LogP contribution in [-0.2, 0) is 27.2 Å². The molecule has 1 atom stereocenters. The highest BCUT2D eigenvalue weighted by Gasteiger charge is 2.77. The van der Waals surface area contributed by atoms with Gasteiger partial charge in [0.2, 0.25) is 5.91 Å². The van der Waals surface area contributed by atoms with E-state index in [2.05, 4.69) is 27.0 Å². The Morgan fingerprint density at radius 2 is 2.07 bits per heavy atom. The molecule has 152 valence electrons. The fraction of sp³-hybridized carbons (Fsp3) is 0.545. The molecule has 1 amide bonds. The molecule has 1 spiro atoms. The smallest absolute Gasteiger partial charge is 0.224 e. The van der Waals surface area contributed by atoms with Crippen LogP contribution in [0.3, 0.4) is 0 Å². The summed E-state index contributed by atoms with van der Waals surface area (Å²) in [5.41, 5.74) is 0.869. The Balaban J connectivity index is 1.19. The van der Waals surface area contributed by atoms with E-state index >= 15 is 0 Å². The number of nitrogens with one attached hydrogen (secondary N) is 1.